The molecule has 2 aromatic rings. The van der Waals surface area contributed by atoms with Crippen molar-refractivity contribution < 1.29 is 9.53 Å². The minimum absolute atomic E-state index is 0.00592. The van der Waals surface area contributed by atoms with Crippen molar-refractivity contribution in [2.24, 2.45) is 0 Å². The number of ether oxygens (including phenoxy) is 1. The molecular formula is C15H19N3O2S. The molecule has 2 rings (SSSR count). The van der Waals surface area contributed by atoms with Crippen molar-refractivity contribution in [2.75, 3.05) is 12.4 Å². The van der Waals surface area contributed by atoms with Crippen LogP contribution in [0.2, 0.25) is 0 Å². The van der Waals surface area contributed by atoms with Crippen molar-refractivity contribution >= 4 is 22.9 Å². The number of carbonyl (C=O) groups excluding carboxylic acids is 1. The first kappa shape index (κ1) is 15.4. The van der Waals surface area contributed by atoms with Gasteiger partial charge in [-0.1, -0.05) is 20.8 Å². The van der Waals surface area contributed by atoms with Gasteiger partial charge < -0.3 is 10.1 Å². The Labute approximate surface area is 128 Å². The number of aromatic nitrogens is 2. The van der Waals surface area contributed by atoms with Gasteiger partial charge in [0.15, 0.2) is 0 Å². The predicted molar refractivity (Wildman–Crippen MR) is 83.9 cm³/mol. The summed E-state index contributed by atoms with van der Waals surface area (Å²) in [4.78, 5) is 20.6. The molecule has 2 heterocycles. The van der Waals surface area contributed by atoms with Gasteiger partial charge >= 0.3 is 0 Å². The van der Waals surface area contributed by atoms with E-state index in [0.29, 0.717) is 11.6 Å². The van der Waals surface area contributed by atoms with E-state index in [1.165, 1.54) is 7.11 Å². The van der Waals surface area contributed by atoms with Crippen molar-refractivity contribution in [3.8, 4) is 5.88 Å². The fraction of sp³-hybridized carbons (Fsp3) is 0.400. The zero-order valence-corrected chi connectivity index (χ0v) is 13.5. The van der Waals surface area contributed by atoms with Crippen LogP contribution in [0.4, 0.5) is 5.69 Å². The molecule has 0 atom stereocenters. The molecule has 2 aromatic heterocycles. The standard InChI is InChI=1S/C15H19N3O2S/c1-15(2,3)14-17-10(9-21-14)8-12(19)18-11-6-5-7-16-13(11)20-4/h5-7,9H,8H2,1-4H3,(H,18,19). The fourth-order valence-electron chi connectivity index (χ4n) is 1.74. The zero-order chi connectivity index (χ0) is 15.5. The Morgan fingerprint density at radius 1 is 1.43 bits per heavy atom. The third-order valence-electron chi connectivity index (χ3n) is 2.77. The largest absolute Gasteiger partial charge is 0.480 e. The van der Waals surface area contributed by atoms with Crippen molar-refractivity contribution in [2.45, 2.75) is 32.6 Å². The Morgan fingerprint density at radius 3 is 2.81 bits per heavy atom. The summed E-state index contributed by atoms with van der Waals surface area (Å²) in [5.74, 6) is 0.270. The molecule has 0 radical (unpaired) electrons. The predicted octanol–water partition coefficient (Wildman–Crippen LogP) is 3.03. The number of pyridine rings is 1. The van der Waals surface area contributed by atoms with Crippen LogP contribution in [0.25, 0.3) is 0 Å². The molecule has 0 aliphatic heterocycles. The van der Waals surface area contributed by atoms with Crippen LogP contribution in [0.5, 0.6) is 5.88 Å². The molecule has 6 heteroatoms. The van der Waals surface area contributed by atoms with Crippen LogP contribution in [-0.2, 0) is 16.6 Å². The van der Waals surface area contributed by atoms with Gasteiger partial charge in [-0.15, -0.1) is 11.3 Å². The third-order valence-corrected chi connectivity index (χ3v) is 4.09. The normalized spacial score (nSPS) is 11.2. The summed E-state index contributed by atoms with van der Waals surface area (Å²) in [6.07, 6.45) is 1.86. The number of rotatable bonds is 4. The summed E-state index contributed by atoms with van der Waals surface area (Å²) in [5, 5.41) is 5.76. The third kappa shape index (κ3) is 4.01. The maximum Gasteiger partial charge on any atom is 0.237 e. The van der Waals surface area contributed by atoms with Gasteiger partial charge in [0.25, 0.3) is 0 Å². The van der Waals surface area contributed by atoms with E-state index in [-0.39, 0.29) is 17.7 Å². The first-order valence-corrected chi connectivity index (χ1v) is 7.52. The average molecular weight is 305 g/mol. The summed E-state index contributed by atoms with van der Waals surface area (Å²) in [6, 6.07) is 3.50. The Bertz CT molecular complexity index is 632. The van der Waals surface area contributed by atoms with E-state index in [2.05, 4.69) is 36.1 Å². The van der Waals surface area contributed by atoms with Gasteiger partial charge in [0.1, 0.15) is 5.69 Å². The second-order valence-electron chi connectivity index (χ2n) is 5.68. The Kier molecular flexibility index (Phi) is 4.57. The molecule has 0 saturated heterocycles. The van der Waals surface area contributed by atoms with Crippen molar-refractivity contribution in [3.05, 3.63) is 34.4 Å². The Morgan fingerprint density at radius 2 is 2.19 bits per heavy atom. The first-order valence-electron chi connectivity index (χ1n) is 6.64. The Balaban J connectivity index is 2.03. The van der Waals surface area contributed by atoms with Crippen LogP contribution in [0.1, 0.15) is 31.5 Å². The number of nitrogens with one attached hydrogen (secondary N) is 1. The lowest BCUT2D eigenvalue weighted by atomic mass is 9.98. The molecule has 0 fully saturated rings. The van der Waals surface area contributed by atoms with Crippen LogP contribution in [0.15, 0.2) is 23.7 Å². The van der Waals surface area contributed by atoms with E-state index < -0.39 is 0 Å². The highest BCUT2D eigenvalue weighted by Crippen LogP contribution is 2.26. The number of nitrogens with zero attached hydrogens (tertiary/aromatic N) is 2. The lowest BCUT2D eigenvalue weighted by molar-refractivity contribution is -0.115. The minimum Gasteiger partial charge on any atom is -0.480 e. The maximum atomic E-state index is 12.1. The molecule has 0 spiro atoms. The molecule has 0 saturated carbocycles. The van der Waals surface area contributed by atoms with Crippen LogP contribution < -0.4 is 10.1 Å². The monoisotopic (exact) mass is 305 g/mol. The molecule has 21 heavy (non-hydrogen) atoms. The average Bonchev–Trinajstić information content (AvgIpc) is 2.87. The van der Waals surface area contributed by atoms with Crippen molar-refractivity contribution in [3.63, 3.8) is 0 Å². The second-order valence-corrected chi connectivity index (χ2v) is 6.54. The molecular weight excluding hydrogens is 286 g/mol. The molecule has 0 aliphatic rings. The summed E-state index contributed by atoms with van der Waals surface area (Å²) in [7, 11) is 1.52. The molecule has 0 bridgehead atoms. The van der Waals surface area contributed by atoms with Crippen molar-refractivity contribution in [1.82, 2.24) is 9.97 Å². The van der Waals surface area contributed by atoms with E-state index in [1.807, 2.05) is 5.38 Å². The number of methoxy groups -OCH3 is 1. The second kappa shape index (κ2) is 6.22. The maximum absolute atomic E-state index is 12.1. The Hall–Kier alpha value is -1.95. The molecule has 1 N–H and O–H groups in total. The lowest BCUT2D eigenvalue weighted by Crippen LogP contribution is -2.16. The molecule has 112 valence electrons. The molecule has 0 aromatic carbocycles. The van der Waals surface area contributed by atoms with Crippen molar-refractivity contribution in [1.29, 1.82) is 0 Å². The van der Waals surface area contributed by atoms with Gasteiger partial charge in [-0.05, 0) is 12.1 Å². The summed E-state index contributed by atoms with van der Waals surface area (Å²) >= 11 is 1.58. The number of thiazole rings is 1. The number of amides is 1. The highest BCUT2D eigenvalue weighted by molar-refractivity contribution is 7.09. The topological polar surface area (TPSA) is 64.1 Å². The van der Waals surface area contributed by atoms with E-state index >= 15 is 0 Å². The fourth-order valence-corrected chi connectivity index (χ4v) is 2.65. The summed E-state index contributed by atoms with van der Waals surface area (Å²) in [5.41, 5.74) is 1.35. The minimum atomic E-state index is -0.132. The van der Waals surface area contributed by atoms with Gasteiger partial charge in [-0.3, -0.25) is 4.79 Å². The highest BCUT2D eigenvalue weighted by Gasteiger charge is 2.19. The SMILES string of the molecule is COc1ncccc1NC(=O)Cc1csc(C(C)(C)C)n1. The summed E-state index contributed by atoms with van der Waals surface area (Å²) in [6.45, 7) is 6.32. The molecule has 5 nitrogen and oxygen atoms in total. The van der Waals surface area contributed by atoms with Gasteiger partial charge in [-0.2, -0.15) is 0 Å². The highest BCUT2D eigenvalue weighted by atomic mass is 32.1. The number of hydrogen-bond acceptors (Lipinski definition) is 5. The number of hydrogen-bond donors (Lipinski definition) is 1. The quantitative estimate of drug-likeness (QED) is 0.943. The first-order chi connectivity index (χ1) is 9.90. The van der Waals surface area contributed by atoms with E-state index in [0.717, 1.165) is 10.7 Å². The van der Waals surface area contributed by atoms with Crippen LogP contribution in [0.3, 0.4) is 0 Å². The van der Waals surface area contributed by atoms with Gasteiger partial charge in [0.05, 0.1) is 24.2 Å². The van der Waals surface area contributed by atoms with E-state index in [9.17, 15) is 4.79 Å². The smallest absolute Gasteiger partial charge is 0.237 e. The van der Waals surface area contributed by atoms with E-state index in [4.69, 9.17) is 4.74 Å². The lowest BCUT2D eigenvalue weighted by Gasteiger charge is -2.13. The van der Waals surface area contributed by atoms with Crippen LogP contribution in [-0.4, -0.2) is 23.0 Å². The van der Waals surface area contributed by atoms with Crippen LogP contribution >= 0.6 is 11.3 Å². The summed E-state index contributed by atoms with van der Waals surface area (Å²) < 4.78 is 5.11. The molecule has 1 amide bonds. The van der Waals surface area contributed by atoms with Crippen LogP contribution in [0, 0.1) is 0 Å². The number of anilines is 1. The van der Waals surface area contributed by atoms with Gasteiger partial charge in [0, 0.05) is 17.0 Å². The van der Waals surface area contributed by atoms with Gasteiger partial charge in [0.2, 0.25) is 11.8 Å². The molecule has 0 unspecified atom stereocenters. The zero-order valence-electron chi connectivity index (χ0n) is 12.6. The molecule has 0 aliphatic carbocycles. The van der Waals surface area contributed by atoms with Gasteiger partial charge in [-0.25, -0.2) is 9.97 Å². The van der Waals surface area contributed by atoms with E-state index in [1.54, 1.807) is 29.7 Å². The number of carbonyl (C=O) groups is 1.